The smallest absolute Gasteiger partial charge is 0.142 e. The molecule has 2 aromatic rings. The highest BCUT2D eigenvalue weighted by molar-refractivity contribution is 5.79. The Labute approximate surface area is 123 Å². The Morgan fingerprint density at radius 1 is 1.33 bits per heavy atom. The van der Waals surface area contributed by atoms with E-state index < -0.39 is 0 Å². The zero-order valence-electron chi connectivity index (χ0n) is 11.9. The van der Waals surface area contributed by atoms with Gasteiger partial charge in [0.25, 0.3) is 0 Å². The number of nitrogens with zero attached hydrogens (tertiary/aromatic N) is 2. The maximum Gasteiger partial charge on any atom is 0.142 e. The number of benzene rings is 1. The predicted octanol–water partition coefficient (Wildman–Crippen LogP) is 3.47. The van der Waals surface area contributed by atoms with E-state index in [0.717, 1.165) is 41.6 Å². The Balaban J connectivity index is 2.28. The highest BCUT2D eigenvalue weighted by Crippen LogP contribution is 2.37. The van der Waals surface area contributed by atoms with E-state index in [0.29, 0.717) is 11.5 Å². The van der Waals surface area contributed by atoms with Crippen LogP contribution in [0.15, 0.2) is 24.3 Å². The molecule has 1 aliphatic rings. The van der Waals surface area contributed by atoms with Crippen LogP contribution in [0.3, 0.4) is 0 Å². The molecule has 1 atom stereocenters. The summed E-state index contributed by atoms with van der Waals surface area (Å²) in [6.07, 6.45) is 2.83. The van der Waals surface area contributed by atoms with E-state index in [9.17, 15) is 9.65 Å². The van der Waals surface area contributed by atoms with Crippen LogP contribution in [-0.2, 0) is 12.8 Å². The largest absolute Gasteiger partial charge is 0.383 e. The second-order valence-electron chi connectivity index (χ2n) is 5.64. The molecule has 1 aromatic carbocycles. The Bertz CT molecular complexity index is 729. The van der Waals surface area contributed by atoms with Gasteiger partial charge in [-0.1, -0.05) is 19.1 Å². The molecular formula is C17H16FN3. The van der Waals surface area contributed by atoms with Crippen LogP contribution >= 0.6 is 0 Å². The van der Waals surface area contributed by atoms with Gasteiger partial charge in [-0.05, 0) is 48.4 Å². The molecule has 0 spiro atoms. The molecule has 0 radical (unpaired) electrons. The molecule has 2 N–H and O–H groups in total. The van der Waals surface area contributed by atoms with Crippen molar-refractivity contribution in [2.45, 2.75) is 26.2 Å². The maximum absolute atomic E-state index is 13.2. The van der Waals surface area contributed by atoms with Crippen LogP contribution < -0.4 is 5.73 Å². The first-order valence-corrected chi connectivity index (χ1v) is 7.07. The van der Waals surface area contributed by atoms with Gasteiger partial charge in [0, 0.05) is 11.3 Å². The Morgan fingerprint density at radius 2 is 2.05 bits per heavy atom. The Morgan fingerprint density at radius 3 is 2.71 bits per heavy atom. The lowest BCUT2D eigenvalue weighted by molar-refractivity contribution is 0.495. The van der Waals surface area contributed by atoms with Gasteiger partial charge >= 0.3 is 0 Å². The van der Waals surface area contributed by atoms with Crippen LogP contribution in [0.5, 0.6) is 0 Å². The molecule has 1 aliphatic carbocycles. The van der Waals surface area contributed by atoms with Crippen molar-refractivity contribution in [3.05, 3.63) is 46.9 Å². The second kappa shape index (κ2) is 5.17. The van der Waals surface area contributed by atoms with Crippen LogP contribution in [0.25, 0.3) is 11.1 Å². The summed E-state index contributed by atoms with van der Waals surface area (Å²) in [5.74, 6) is 0.528. The monoisotopic (exact) mass is 281 g/mol. The summed E-state index contributed by atoms with van der Waals surface area (Å²) < 4.78 is 13.2. The second-order valence-corrected chi connectivity index (χ2v) is 5.64. The first-order chi connectivity index (χ1) is 10.1. The van der Waals surface area contributed by atoms with Crippen LogP contribution in [0.2, 0.25) is 0 Å². The minimum Gasteiger partial charge on any atom is -0.383 e. The average molecular weight is 281 g/mol. The highest BCUT2D eigenvalue weighted by atomic mass is 19.1. The predicted molar refractivity (Wildman–Crippen MR) is 79.9 cm³/mol. The summed E-state index contributed by atoms with van der Waals surface area (Å²) in [5, 5.41) is 9.44. The lowest BCUT2D eigenvalue weighted by Crippen LogP contribution is -2.16. The number of nitriles is 1. The lowest BCUT2D eigenvalue weighted by atomic mass is 9.82. The van der Waals surface area contributed by atoms with Crippen molar-refractivity contribution < 1.29 is 4.39 Å². The SMILES string of the molecule is C[C@H]1CCc2nc(N)c(C#N)c(-c3ccc(F)cc3)c2C1. The van der Waals surface area contributed by atoms with Gasteiger partial charge in [-0.2, -0.15) is 5.26 Å². The van der Waals surface area contributed by atoms with Crippen molar-refractivity contribution in [2.75, 3.05) is 5.73 Å². The number of halogens is 1. The van der Waals surface area contributed by atoms with E-state index in [1.54, 1.807) is 12.1 Å². The van der Waals surface area contributed by atoms with E-state index in [1.807, 2.05) is 0 Å². The number of hydrogen-bond donors (Lipinski definition) is 1. The topological polar surface area (TPSA) is 62.7 Å². The lowest BCUT2D eigenvalue weighted by Gasteiger charge is -2.25. The molecule has 0 amide bonds. The molecule has 21 heavy (non-hydrogen) atoms. The van der Waals surface area contributed by atoms with E-state index in [4.69, 9.17) is 5.73 Å². The van der Waals surface area contributed by atoms with E-state index in [2.05, 4.69) is 18.0 Å². The van der Waals surface area contributed by atoms with Gasteiger partial charge in [0.2, 0.25) is 0 Å². The highest BCUT2D eigenvalue weighted by Gasteiger charge is 2.24. The fraction of sp³-hybridized carbons (Fsp3) is 0.294. The molecule has 4 heteroatoms. The van der Waals surface area contributed by atoms with Gasteiger partial charge in [0.15, 0.2) is 0 Å². The van der Waals surface area contributed by atoms with Gasteiger partial charge in [0.05, 0.1) is 0 Å². The van der Waals surface area contributed by atoms with Gasteiger partial charge in [-0.3, -0.25) is 0 Å². The van der Waals surface area contributed by atoms with Gasteiger partial charge < -0.3 is 5.73 Å². The number of aromatic nitrogens is 1. The van der Waals surface area contributed by atoms with Crippen molar-refractivity contribution in [1.29, 1.82) is 5.26 Å². The molecule has 0 unspecified atom stereocenters. The van der Waals surface area contributed by atoms with Gasteiger partial charge in [-0.25, -0.2) is 9.37 Å². The number of nitrogen functional groups attached to an aromatic ring is 1. The van der Waals surface area contributed by atoms with Crippen molar-refractivity contribution in [1.82, 2.24) is 4.98 Å². The Hall–Kier alpha value is -2.41. The summed E-state index contributed by atoms with van der Waals surface area (Å²) in [4.78, 5) is 4.40. The summed E-state index contributed by atoms with van der Waals surface area (Å²) >= 11 is 0. The summed E-state index contributed by atoms with van der Waals surface area (Å²) in [5.41, 5.74) is 10.1. The molecule has 0 saturated heterocycles. The fourth-order valence-corrected chi connectivity index (χ4v) is 3.00. The number of fused-ring (bicyclic) bond motifs is 1. The van der Waals surface area contributed by atoms with Crippen LogP contribution in [0.4, 0.5) is 10.2 Å². The van der Waals surface area contributed by atoms with Crippen LogP contribution in [-0.4, -0.2) is 4.98 Å². The number of rotatable bonds is 1. The third-order valence-corrected chi connectivity index (χ3v) is 4.08. The fourth-order valence-electron chi connectivity index (χ4n) is 3.00. The third-order valence-electron chi connectivity index (χ3n) is 4.08. The zero-order valence-corrected chi connectivity index (χ0v) is 11.9. The van der Waals surface area contributed by atoms with Crippen molar-refractivity contribution >= 4 is 5.82 Å². The molecule has 0 aliphatic heterocycles. The summed E-state index contributed by atoms with van der Waals surface area (Å²) in [7, 11) is 0. The van der Waals surface area contributed by atoms with Crippen molar-refractivity contribution in [2.24, 2.45) is 5.92 Å². The molecule has 3 nitrogen and oxygen atoms in total. The van der Waals surface area contributed by atoms with Crippen LogP contribution in [0, 0.1) is 23.1 Å². The molecule has 3 rings (SSSR count). The average Bonchev–Trinajstić information content (AvgIpc) is 2.47. The normalized spacial score (nSPS) is 17.1. The van der Waals surface area contributed by atoms with Gasteiger partial charge in [0.1, 0.15) is 23.3 Å². The van der Waals surface area contributed by atoms with E-state index in [-0.39, 0.29) is 11.6 Å². The first kappa shape index (κ1) is 13.6. The van der Waals surface area contributed by atoms with E-state index in [1.165, 1.54) is 12.1 Å². The molecule has 1 heterocycles. The summed E-state index contributed by atoms with van der Waals surface area (Å²) in [6, 6.07) is 8.38. The molecule has 1 aromatic heterocycles. The minimum atomic E-state index is -0.290. The quantitative estimate of drug-likeness (QED) is 0.870. The third kappa shape index (κ3) is 2.36. The molecule has 0 saturated carbocycles. The summed E-state index contributed by atoms with van der Waals surface area (Å²) in [6.45, 7) is 2.19. The van der Waals surface area contributed by atoms with E-state index >= 15 is 0 Å². The minimum absolute atomic E-state index is 0.269. The Kier molecular flexibility index (Phi) is 3.34. The molecular weight excluding hydrogens is 265 g/mol. The maximum atomic E-state index is 13.2. The number of hydrogen-bond acceptors (Lipinski definition) is 3. The first-order valence-electron chi connectivity index (χ1n) is 7.07. The standard InChI is InChI=1S/C17H16FN3/c1-10-2-7-15-13(8-10)16(14(9-19)17(20)21-15)11-3-5-12(18)6-4-11/h3-6,10H,2,7-8H2,1H3,(H2,20,21)/t10-/m0/s1. The van der Waals surface area contributed by atoms with Crippen molar-refractivity contribution in [3.63, 3.8) is 0 Å². The molecule has 0 fully saturated rings. The molecule has 106 valence electrons. The number of pyridine rings is 1. The molecule has 0 bridgehead atoms. The number of aryl methyl sites for hydroxylation is 1. The van der Waals surface area contributed by atoms with Gasteiger partial charge in [-0.15, -0.1) is 0 Å². The zero-order chi connectivity index (χ0) is 15.0. The van der Waals surface area contributed by atoms with Crippen molar-refractivity contribution in [3.8, 4) is 17.2 Å². The van der Waals surface area contributed by atoms with Crippen LogP contribution in [0.1, 0.15) is 30.2 Å². The number of nitrogens with two attached hydrogens (primary N) is 1. The number of anilines is 1.